The number of rotatable bonds is 8. The van der Waals surface area contributed by atoms with Crippen LogP contribution < -0.4 is 10.6 Å². The summed E-state index contributed by atoms with van der Waals surface area (Å²) >= 11 is 0. The molecule has 27 heavy (non-hydrogen) atoms. The highest BCUT2D eigenvalue weighted by molar-refractivity contribution is 5.74. The number of hydrogen-bond acceptors (Lipinski definition) is 4. The quantitative estimate of drug-likeness (QED) is 0.702. The zero-order chi connectivity index (χ0) is 18.9. The molecule has 6 heteroatoms. The summed E-state index contributed by atoms with van der Waals surface area (Å²) < 4.78 is 5.73. The summed E-state index contributed by atoms with van der Waals surface area (Å²) in [7, 11) is 0. The Hall–Kier alpha value is -2.60. The molecule has 1 aromatic carbocycles. The molecule has 2 N–H and O–H groups in total. The van der Waals surface area contributed by atoms with Crippen molar-refractivity contribution in [1.29, 1.82) is 0 Å². The SMILES string of the molecule is Cc1cccnc1NCCNC(=O)N(Cc1ccccc1)C[C@H]1CCCO1. The zero-order valence-electron chi connectivity index (χ0n) is 15.9. The molecule has 2 heterocycles. The van der Waals surface area contributed by atoms with E-state index in [0.717, 1.165) is 36.4 Å². The van der Waals surface area contributed by atoms with Crippen LogP contribution in [-0.2, 0) is 11.3 Å². The number of urea groups is 1. The standard InChI is InChI=1S/C21H28N4O2/c1-17-7-5-11-22-20(17)23-12-13-24-21(26)25(16-19-10-6-14-27-19)15-18-8-3-2-4-9-18/h2-5,7-9,11,19H,6,10,12-16H2,1H3,(H,22,23)(H,24,26)/t19-/m1/s1. The van der Waals surface area contributed by atoms with Crippen LogP contribution in [-0.4, -0.2) is 48.3 Å². The molecule has 3 rings (SSSR count). The van der Waals surface area contributed by atoms with Gasteiger partial charge in [0.15, 0.2) is 0 Å². The van der Waals surface area contributed by atoms with E-state index in [-0.39, 0.29) is 12.1 Å². The van der Waals surface area contributed by atoms with Crippen LogP contribution in [0.15, 0.2) is 48.7 Å². The first-order valence-corrected chi connectivity index (χ1v) is 9.56. The summed E-state index contributed by atoms with van der Waals surface area (Å²) in [6.45, 7) is 5.16. The minimum atomic E-state index is -0.0612. The lowest BCUT2D eigenvalue weighted by molar-refractivity contribution is 0.0795. The van der Waals surface area contributed by atoms with Gasteiger partial charge in [-0.1, -0.05) is 36.4 Å². The first kappa shape index (κ1) is 19.2. The molecular weight excluding hydrogens is 340 g/mol. The predicted octanol–water partition coefficient (Wildman–Crippen LogP) is 3.19. The fourth-order valence-electron chi connectivity index (χ4n) is 3.19. The third kappa shape index (κ3) is 5.96. The number of ether oxygens (including phenoxy) is 1. The van der Waals surface area contributed by atoms with Gasteiger partial charge in [0.2, 0.25) is 0 Å². The Kier molecular flexibility index (Phi) is 7.04. The van der Waals surface area contributed by atoms with Crippen LogP contribution >= 0.6 is 0 Å². The maximum absolute atomic E-state index is 12.7. The number of benzene rings is 1. The predicted molar refractivity (Wildman–Crippen MR) is 107 cm³/mol. The van der Waals surface area contributed by atoms with Crippen LogP contribution in [0.1, 0.15) is 24.0 Å². The molecule has 0 bridgehead atoms. The van der Waals surface area contributed by atoms with E-state index in [0.29, 0.717) is 26.2 Å². The Morgan fingerprint density at radius 3 is 2.81 bits per heavy atom. The molecule has 1 saturated heterocycles. The highest BCUT2D eigenvalue weighted by Gasteiger charge is 2.22. The van der Waals surface area contributed by atoms with Crippen molar-refractivity contribution in [2.45, 2.75) is 32.4 Å². The first-order chi connectivity index (χ1) is 13.2. The van der Waals surface area contributed by atoms with Crippen molar-refractivity contribution < 1.29 is 9.53 Å². The number of carbonyl (C=O) groups excluding carboxylic acids is 1. The van der Waals surface area contributed by atoms with Gasteiger partial charge in [-0.15, -0.1) is 0 Å². The lowest BCUT2D eigenvalue weighted by atomic mass is 10.2. The molecule has 1 aliphatic heterocycles. The van der Waals surface area contributed by atoms with Crippen LogP contribution in [0.5, 0.6) is 0 Å². The molecule has 2 aromatic rings. The fraction of sp³-hybridized carbons (Fsp3) is 0.429. The molecule has 0 aliphatic carbocycles. The Bertz CT molecular complexity index is 717. The Balaban J connectivity index is 1.51. The van der Waals surface area contributed by atoms with E-state index >= 15 is 0 Å². The largest absolute Gasteiger partial charge is 0.376 e. The zero-order valence-corrected chi connectivity index (χ0v) is 15.9. The third-order valence-electron chi connectivity index (χ3n) is 4.65. The van der Waals surface area contributed by atoms with Gasteiger partial charge in [0.25, 0.3) is 0 Å². The van der Waals surface area contributed by atoms with Gasteiger partial charge < -0.3 is 20.3 Å². The average Bonchev–Trinajstić information content (AvgIpc) is 3.20. The van der Waals surface area contributed by atoms with Crippen LogP contribution in [0.4, 0.5) is 10.6 Å². The molecule has 144 valence electrons. The second-order valence-corrected chi connectivity index (χ2v) is 6.83. The molecule has 1 aromatic heterocycles. The van der Waals surface area contributed by atoms with E-state index in [1.165, 1.54) is 0 Å². The lowest BCUT2D eigenvalue weighted by Crippen LogP contribution is -2.44. The molecule has 0 spiro atoms. The van der Waals surface area contributed by atoms with E-state index in [4.69, 9.17) is 4.74 Å². The Morgan fingerprint density at radius 2 is 2.07 bits per heavy atom. The number of pyridine rings is 1. The first-order valence-electron chi connectivity index (χ1n) is 9.56. The van der Waals surface area contributed by atoms with E-state index in [2.05, 4.69) is 15.6 Å². The number of aryl methyl sites for hydroxylation is 1. The van der Waals surface area contributed by atoms with E-state index in [1.807, 2.05) is 54.3 Å². The van der Waals surface area contributed by atoms with Crippen molar-refractivity contribution in [3.05, 3.63) is 59.8 Å². The lowest BCUT2D eigenvalue weighted by Gasteiger charge is -2.26. The fourth-order valence-corrected chi connectivity index (χ4v) is 3.19. The summed E-state index contributed by atoms with van der Waals surface area (Å²) in [5, 5.41) is 6.27. The molecular formula is C21H28N4O2. The number of hydrogen-bond donors (Lipinski definition) is 2. The van der Waals surface area contributed by atoms with Gasteiger partial charge in [-0.2, -0.15) is 0 Å². The number of nitrogens with one attached hydrogen (secondary N) is 2. The molecule has 0 saturated carbocycles. The Morgan fingerprint density at radius 1 is 1.22 bits per heavy atom. The summed E-state index contributed by atoms with van der Waals surface area (Å²) in [6, 6.07) is 13.9. The Labute approximate surface area is 160 Å². The van der Waals surface area contributed by atoms with Gasteiger partial charge in [0.05, 0.1) is 6.10 Å². The molecule has 2 amide bonds. The van der Waals surface area contributed by atoms with E-state index in [1.54, 1.807) is 6.20 Å². The molecule has 1 atom stereocenters. The summed E-state index contributed by atoms with van der Waals surface area (Å²) in [5.74, 6) is 0.854. The summed E-state index contributed by atoms with van der Waals surface area (Å²) in [4.78, 5) is 18.9. The van der Waals surface area contributed by atoms with Crippen molar-refractivity contribution in [3.8, 4) is 0 Å². The van der Waals surface area contributed by atoms with Crippen LogP contribution in [0.25, 0.3) is 0 Å². The minimum Gasteiger partial charge on any atom is -0.376 e. The topological polar surface area (TPSA) is 66.5 Å². The van der Waals surface area contributed by atoms with Crippen LogP contribution in [0.3, 0.4) is 0 Å². The van der Waals surface area contributed by atoms with Gasteiger partial charge in [0.1, 0.15) is 5.82 Å². The maximum atomic E-state index is 12.7. The monoisotopic (exact) mass is 368 g/mol. The molecule has 6 nitrogen and oxygen atoms in total. The number of anilines is 1. The number of nitrogens with zero attached hydrogens (tertiary/aromatic N) is 2. The molecule has 0 unspecified atom stereocenters. The highest BCUT2D eigenvalue weighted by Crippen LogP contribution is 2.15. The third-order valence-corrected chi connectivity index (χ3v) is 4.65. The van der Waals surface area contributed by atoms with Crippen molar-refractivity contribution in [1.82, 2.24) is 15.2 Å². The van der Waals surface area contributed by atoms with Gasteiger partial charge >= 0.3 is 6.03 Å². The van der Waals surface area contributed by atoms with Crippen molar-refractivity contribution in [3.63, 3.8) is 0 Å². The average molecular weight is 368 g/mol. The van der Waals surface area contributed by atoms with E-state index < -0.39 is 0 Å². The highest BCUT2D eigenvalue weighted by atomic mass is 16.5. The smallest absolute Gasteiger partial charge is 0.317 e. The molecule has 1 aliphatic rings. The molecule has 0 radical (unpaired) electrons. The van der Waals surface area contributed by atoms with Crippen molar-refractivity contribution in [2.24, 2.45) is 0 Å². The van der Waals surface area contributed by atoms with Crippen molar-refractivity contribution in [2.75, 3.05) is 31.6 Å². The van der Waals surface area contributed by atoms with Gasteiger partial charge in [0, 0.05) is 39.0 Å². The molecule has 1 fully saturated rings. The van der Waals surface area contributed by atoms with Gasteiger partial charge in [-0.25, -0.2) is 9.78 Å². The van der Waals surface area contributed by atoms with Crippen LogP contribution in [0, 0.1) is 6.92 Å². The van der Waals surface area contributed by atoms with E-state index in [9.17, 15) is 4.79 Å². The van der Waals surface area contributed by atoms with Gasteiger partial charge in [-0.05, 0) is 37.0 Å². The van der Waals surface area contributed by atoms with Crippen LogP contribution in [0.2, 0.25) is 0 Å². The van der Waals surface area contributed by atoms with Crippen molar-refractivity contribution >= 4 is 11.8 Å². The second-order valence-electron chi connectivity index (χ2n) is 6.83. The summed E-state index contributed by atoms with van der Waals surface area (Å²) in [6.07, 6.45) is 3.98. The maximum Gasteiger partial charge on any atom is 0.317 e. The number of aromatic nitrogens is 1. The second kappa shape index (κ2) is 9.92. The van der Waals surface area contributed by atoms with Gasteiger partial charge in [-0.3, -0.25) is 0 Å². The number of amides is 2. The minimum absolute atomic E-state index is 0.0612. The normalized spacial score (nSPS) is 16.1. The number of carbonyl (C=O) groups is 1. The summed E-state index contributed by atoms with van der Waals surface area (Å²) in [5.41, 5.74) is 2.21.